The van der Waals surface area contributed by atoms with Gasteiger partial charge in [0.1, 0.15) is 0 Å². The maximum Gasteiger partial charge on any atom is 0.331 e. The van der Waals surface area contributed by atoms with Crippen LogP contribution in [0.1, 0.15) is 11.1 Å². The van der Waals surface area contributed by atoms with Gasteiger partial charge in [-0.05, 0) is 30.7 Å². The number of hydrogen-bond acceptors (Lipinski definition) is 5. The van der Waals surface area contributed by atoms with E-state index in [0.29, 0.717) is 10.6 Å². The Morgan fingerprint density at radius 1 is 1.15 bits per heavy atom. The van der Waals surface area contributed by atoms with E-state index in [1.165, 1.54) is 17.8 Å². The Morgan fingerprint density at radius 3 is 2.67 bits per heavy atom. The van der Waals surface area contributed by atoms with Crippen LogP contribution < -0.4 is 11.1 Å². The molecule has 0 aliphatic rings. The zero-order chi connectivity index (χ0) is 19.6. The van der Waals surface area contributed by atoms with Crippen LogP contribution in [-0.2, 0) is 19.1 Å². The largest absolute Gasteiger partial charge is 0.452 e. The minimum atomic E-state index is -0.608. The smallest absolute Gasteiger partial charge is 0.331 e. The van der Waals surface area contributed by atoms with E-state index < -0.39 is 24.4 Å². The molecule has 0 aliphatic carbocycles. The van der Waals surface area contributed by atoms with Gasteiger partial charge in [0, 0.05) is 11.0 Å². The van der Waals surface area contributed by atoms with Gasteiger partial charge in [-0.25, -0.2) is 4.79 Å². The van der Waals surface area contributed by atoms with Crippen LogP contribution in [0.15, 0.2) is 59.5 Å². The van der Waals surface area contributed by atoms with Crippen LogP contribution >= 0.6 is 11.8 Å². The Labute approximate surface area is 161 Å². The quantitative estimate of drug-likeness (QED) is 0.414. The molecule has 0 heterocycles. The van der Waals surface area contributed by atoms with Crippen molar-refractivity contribution in [2.75, 3.05) is 17.7 Å². The van der Waals surface area contributed by atoms with Gasteiger partial charge in [0.25, 0.3) is 5.91 Å². The molecule has 2 aromatic carbocycles. The van der Waals surface area contributed by atoms with Gasteiger partial charge in [0.15, 0.2) is 6.61 Å². The lowest BCUT2D eigenvalue weighted by Gasteiger charge is -2.10. The third-order valence-electron chi connectivity index (χ3n) is 3.33. The van der Waals surface area contributed by atoms with Crippen molar-refractivity contribution in [2.45, 2.75) is 11.8 Å². The van der Waals surface area contributed by atoms with E-state index in [2.05, 4.69) is 5.32 Å². The number of thioether (sulfide) groups is 1. The van der Waals surface area contributed by atoms with Crippen molar-refractivity contribution in [3.05, 3.63) is 65.7 Å². The van der Waals surface area contributed by atoms with Crippen LogP contribution in [-0.4, -0.2) is 30.1 Å². The van der Waals surface area contributed by atoms with Crippen LogP contribution in [0.4, 0.5) is 5.69 Å². The molecule has 2 aromatic rings. The second-order valence-corrected chi connectivity index (χ2v) is 6.67. The number of hydrogen-bond donors (Lipinski definition) is 2. The van der Waals surface area contributed by atoms with E-state index in [1.807, 2.05) is 31.2 Å². The SMILES string of the molecule is Cc1cccc(/C=C/C(=O)OCC(=O)Nc2ccccc2SCC(N)=O)c1. The summed E-state index contributed by atoms with van der Waals surface area (Å²) in [6, 6.07) is 14.6. The molecule has 0 unspecified atom stereocenters. The van der Waals surface area contributed by atoms with Crippen LogP contribution in [0, 0.1) is 6.92 Å². The first kappa shape index (κ1) is 20.3. The molecule has 6 nitrogen and oxygen atoms in total. The number of ether oxygens (including phenoxy) is 1. The Kier molecular flexibility index (Phi) is 7.63. The van der Waals surface area contributed by atoms with Gasteiger partial charge in [0.2, 0.25) is 5.91 Å². The third kappa shape index (κ3) is 7.37. The van der Waals surface area contributed by atoms with Gasteiger partial charge in [-0.3, -0.25) is 9.59 Å². The fourth-order valence-electron chi connectivity index (χ4n) is 2.15. The normalized spacial score (nSPS) is 10.6. The molecule has 0 fully saturated rings. The first-order valence-corrected chi connectivity index (χ1v) is 9.14. The predicted molar refractivity (Wildman–Crippen MR) is 106 cm³/mol. The fourth-order valence-corrected chi connectivity index (χ4v) is 2.90. The highest BCUT2D eigenvalue weighted by Crippen LogP contribution is 2.26. The monoisotopic (exact) mass is 384 g/mol. The molecule has 2 amide bonds. The Balaban J connectivity index is 1.85. The number of aryl methyl sites for hydroxylation is 1. The maximum absolute atomic E-state index is 12.0. The molecule has 27 heavy (non-hydrogen) atoms. The van der Waals surface area contributed by atoms with E-state index >= 15 is 0 Å². The molecule has 0 atom stereocenters. The number of nitrogens with one attached hydrogen (secondary N) is 1. The van der Waals surface area contributed by atoms with Gasteiger partial charge in [-0.1, -0.05) is 42.0 Å². The fraction of sp³-hybridized carbons (Fsp3) is 0.150. The Bertz CT molecular complexity index is 865. The minimum absolute atomic E-state index is 0.103. The second-order valence-electron chi connectivity index (χ2n) is 5.65. The number of rotatable bonds is 8. The third-order valence-corrected chi connectivity index (χ3v) is 4.43. The Morgan fingerprint density at radius 2 is 1.93 bits per heavy atom. The molecule has 3 N–H and O–H groups in total. The summed E-state index contributed by atoms with van der Waals surface area (Å²) in [7, 11) is 0. The molecule has 0 bridgehead atoms. The summed E-state index contributed by atoms with van der Waals surface area (Å²) >= 11 is 1.22. The lowest BCUT2D eigenvalue weighted by molar-refractivity contribution is -0.142. The molecule has 7 heteroatoms. The average Bonchev–Trinajstić information content (AvgIpc) is 2.64. The van der Waals surface area contributed by atoms with E-state index in [1.54, 1.807) is 30.3 Å². The van der Waals surface area contributed by atoms with Crippen molar-refractivity contribution in [1.29, 1.82) is 0 Å². The highest BCUT2D eigenvalue weighted by molar-refractivity contribution is 8.00. The maximum atomic E-state index is 12.0. The molecule has 0 spiro atoms. The number of carbonyl (C=O) groups is 3. The van der Waals surface area contributed by atoms with Gasteiger partial charge in [-0.15, -0.1) is 11.8 Å². The highest BCUT2D eigenvalue weighted by Gasteiger charge is 2.10. The van der Waals surface area contributed by atoms with Crippen LogP contribution in [0.5, 0.6) is 0 Å². The van der Waals surface area contributed by atoms with Crippen molar-refractivity contribution in [1.82, 2.24) is 0 Å². The number of para-hydroxylation sites is 1. The van der Waals surface area contributed by atoms with Crippen molar-refractivity contribution in [3.63, 3.8) is 0 Å². The minimum Gasteiger partial charge on any atom is -0.452 e. The molecule has 0 aliphatic heterocycles. The molecule has 2 rings (SSSR count). The summed E-state index contributed by atoms with van der Waals surface area (Å²) in [6.45, 7) is 1.55. The number of carbonyl (C=O) groups excluding carboxylic acids is 3. The number of amides is 2. The van der Waals surface area contributed by atoms with Crippen LogP contribution in [0.2, 0.25) is 0 Å². The Hall–Kier alpha value is -3.06. The lowest BCUT2D eigenvalue weighted by Crippen LogP contribution is -2.20. The number of anilines is 1. The van der Waals surface area contributed by atoms with Crippen molar-refractivity contribution < 1.29 is 19.1 Å². The zero-order valence-electron chi connectivity index (χ0n) is 14.8. The molecule has 0 radical (unpaired) electrons. The number of primary amides is 1. The zero-order valence-corrected chi connectivity index (χ0v) is 15.6. The second kappa shape index (κ2) is 10.2. The standard InChI is InChI=1S/C20H20N2O4S/c1-14-5-4-6-15(11-14)9-10-20(25)26-12-19(24)22-16-7-2-3-8-17(16)27-13-18(21)23/h2-11H,12-13H2,1H3,(H2,21,23)(H,22,24)/b10-9+. The summed E-state index contributed by atoms with van der Waals surface area (Å²) in [4.78, 5) is 35.4. The van der Waals surface area contributed by atoms with Gasteiger partial charge in [-0.2, -0.15) is 0 Å². The van der Waals surface area contributed by atoms with E-state index in [9.17, 15) is 14.4 Å². The van der Waals surface area contributed by atoms with Gasteiger partial charge < -0.3 is 15.8 Å². The molecule has 0 saturated carbocycles. The molecule has 140 valence electrons. The van der Waals surface area contributed by atoms with Crippen molar-refractivity contribution in [2.24, 2.45) is 5.73 Å². The number of esters is 1. The summed E-state index contributed by atoms with van der Waals surface area (Å²) in [5.41, 5.74) is 7.62. The van der Waals surface area contributed by atoms with Crippen molar-refractivity contribution >= 4 is 41.3 Å². The first-order chi connectivity index (χ1) is 12.9. The van der Waals surface area contributed by atoms with Crippen LogP contribution in [0.25, 0.3) is 6.08 Å². The topological polar surface area (TPSA) is 98.5 Å². The summed E-state index contributed by atoms with van der Waals surface area (Å²) < 4.78 is 4.95. The lowest BCUT2D eigenvalue weighted by atomic mass is 10.1. The molecule has 0 saturated heterocycles. The first-order valence-electron chi connectivity index (χ1n) is 8.15. The molecular weight excluding hydrogens is 364 g/mol. The van der Waals surface area contributed by atoms with E-state index in [4.69, 9.17) is 10.5 Å². The number of benzene rings is 2. The summed E-state index contributed by atoms with van der Waals surface area (Å²) in [6.07, 6.45) is 2.90. The average molecular weight is 384 g/mol. The highest BCUT2D eigenvalue weighted by atomic mass is 32.2. The van der Waals surface area contributed by atoms with Gasteiger partial charge >= 0.3 is 5.97 Å². The summed E-state index contributed by atoms with van der Waals surface area (Å²) in [5, 5.41) is 2.66. The number of nitrogens with two attached hydrogens (primary N) is 1. The van der Waals surface area contributed by atoms with E-state index in [0.717, 1.165) is 11.1 Å². The molecular formula is C20H20N2O4S. The van der Waals surface area contributed by atoms with Crippen LogP contribution in [0.3, 0.4) is 0 Å². The van der Waals surface area contributed by atoms with Gasteiger partial charge in [0.05, 0.1) is 11.4 Å². The predicted octanol–water partition coefficient (Wildman–Crippen LogP) is 2.77. The molecule has 0 aromatic heterocycles. The van der Waals surface area contributed by atoms with Crippen molar-refractivity contribution in [3.8, 4) is 0 Å². The summed E-state index contributed by atoms with van der Waals surface area (Å²) in [5.74, 6) is -1.43. The van der Waals surface area contributed by atoms with E-state index in [-0.39, 0.29) is 5.75 Å².